The predicted octanol–water partition coefficient (Wildman–Crippen LogP) is 1.86. The average molecular weight is 291 g/mol. The van der Waals surface area contributed by atoms with Gasteiger partial charge in [0, 0.05) is 26.3 Å². The number of nitrogens with one attached hydrogen (secondary N) is 2. The SMILES string of the molecule is CN(C)c1cccc(CNC(=O)NC2CCCCC2O)c1. The summed E-state index contributed by atoms with van der Waals surface area (Å²) in [4.78, 5) is 13.9. The minimum atomic E-state index is -0.415. The molecule has 2 amide bonds. The van der Waals surface area contributed by atoms with E-state index in [0.29, 0.717) is 6.54 Å². The Labute approximate surface area is 126 Å². The lowest BCUT2D eigenvalue weighted by Gasteiger charge is -2.28. The number of amides is 2. The van der Waals surface area contributed by atoms with E-state index < -0.39 is 6.10 Å². The highest BCUT2D eigenvalue weighted by atomic mass is 16.3. The van der Waals surface area contributed by atoms with E-state index in [9.17, 15) is 9.90 Å². The molecule has 5 nitrogen and oxygen atoms in total. The number of benzene rings is 1. The van der Waals surface area contributed by atoms with Crippen molar-refractivity contribution in [3.8, 4) is 0 Å². The second-order valence-corrected chi connectivity index (χ2v) is 5.85. The second-order valence-electron chi connectivity index (χ2n) is 5.85. The topological polar surface area (TPSA) is 64.6 Å². The van der Waals surface area contributed by atoms with Crippen LogP contribution in [-0.2, 0) is 6.54 Å². The van der Waals surface area contributed by atoms with Crippen molar-refractivity contribution in [3.05, 3.63) is 29.8 Å². The summed E-state index contributed by atoms with van der Waals surface area (Å²) in [5.74, 6) is 0. The smallest absolute Gasteiger partial charge is 0.315 e. The molecule has 21 heavy (non-hydrogen) atoms. The molecule has 1 aromatic carbocycles. The first-order valence-electron chi connectivity index (χ1n) is 7.55. The molecule has 5 heteroatoms. The standard InChI is InChI=1S/C16H25N3O2/c1-19(2)13-7-5-6-12(10-13)11-17-16(21)18-14-8-3-4-9-15(14)20/h5-7,10,14-15,20H,3-4,8-9,11H2,1-2H3,(H2,17,18,21). The third-order valence-corrected chi connectivity index (χ3v) is 3.93. The first-order valence-corrected chi connectivity index (χ1v) is 7.55. The van der Waals surface area contributed by atoms with Gasteiger partial charge in [-0.15, -0.1) is 0 Å². The van der Waals surface area contributed by atoms with Crippen molar-refractivity contribution in [1.82, 2.24) is 10.6 Å². The molecule has 116 valence electrons. The van der Waals surface area contributed by atoms with Gasteiger partial charge in [-0.25, -0.2) is 4.79 Å². The number of aliphatic hydroxyl groups excluding tert-OH is 1. The molecule has 0 radical (unpaired) electrons. The Morgan fingerprint density at radius 3 is 2.81 bits per heavy atom. The fourth-order valence-corrected chi connectivity index (χ4v) is 2.63. The summed E-state index contributed by atoms with van der Waals surface area (Å²) in [5.41, 5.74) is 2.16. The zero-order valence-electron chi connectivity index (χ0n) is 12.8. The van der Waals surface area contributed by atoms with Crippen molar-refractivity contribution < 1.29 is 9.90 Å². The summed E-state index contributed by atoms with van der Waals surface area (Å²) in [6, 6.07) is 7.72. The van der Waals surface area contributed by atoms with Gasteiger partial charge in [-0.2, -0.15) is 0 Å². The maximum absolute atomic E-state index is 11.9. The molecular weight excluding hydrogens is 266 g/mol. The van der Waals surface area contributed by atoms with Crippen molar-refractivity contribution in [2.75, 3.05) is 19.0 Å². The number of rotatable bonds is 4. The van der Waals surface area contributed by atoms with Crippen LogP contribution in [0.1, 0.15) is 31.2 Å². The Hall–Kier alpha value is -1.75. The largest absolute Gasteiger partial charge is 0.391 e. The first-order chi connectivity index (χ1) is 10.1. The number of nitrogens with zero attached hydrogens (tertiary/aromatic N) is 1. The Morgan fingerprint density at radius 1 is 1.33 bits per heavy atom. The van der Waals surface area contributed by atoms with Crippen LogP contribution in [0.5, 0.6) is 0 Å². The van der Waals surface area contributed by atoms with Gasteiger partial charge < -0.3 is 20.6 Å². The van der Waals surface area contributed by atoms with Gasteiger partial charge in [-0.3, -0.25) is 0 Å². The van der Waals surface area contributed by atoms with Crippen molar-refractivity contribution in [1.29, 1.82) is 0 Å². The summed E-state index contributed by atoms with van der Waals surface area (Å²) in [6.45, 7) is 0.482. The normalized spacial score (nSPS) is 21.7. The molecule has 1 aliphatic carbocycles. The molecule has 2 rings (SSSR count). The number of carbonyl (C=O) groups is 1. The zero-order chi connectivity index (χ0) is 15.2. The lowest BCUT2D eigenvalue weighted by Crippen LogP contribution is -2.48. The van der Waals surface area contributed by atoms with E-state index in [-0.39, 0.29) is 12.1 Å². The molecule has 1 aromatic rings. The van der Waals surface area contributed by atoms with E-state index in [1.807, 2.05) is 37.2 Å². The van der Waals surface area contributed by atoms with Crippen LogP contribution in [0.2, 0.25) is 0 Å². The van der Waals surface area contributed by atoms with E-state index in [4.69, 9.17) is 0 Å². The minimum absolute atomic E-state index is 0.119. The van der Waals surface area contributed by atoms with Gasteiger partial charge >= 0.3 is 6.03 Å². The molecule has 2 atom stereocenters. The van der Waals surface area contributed by atoms with Crippen molar-refractivity contribution in [3.63, 3.8) is 0 Å². The molecule has 0 aliphatic heterocycles. The third kappa shape index (κ3) is 4.63. The van der Waals surface area contributed by atoms with Crippen LogP contribution in [0.15, 0.2) is 24.3 Å². The van der Waals surface area contributed by atoms with Gasteiger partial charge in [-0.05, 0) is 30.5 Å². The fraction of sp³-hybridized carbons (Fsp3) is 0.562. The van der Waals surface area contributed by atoms with Crippen LogP contribution >= 0.6 is 0 Å². The molecule has 0 saturated heterocycles. The number of aliphatic hydroxyl groups is 1. The van der Waals surface area contributed by atoms with E-state index in [2.05, 4.69) is 16.7 Å². The van der Waals surface area contributed by atoms with Gasteiger partial charge in [0.05, 0.1) is 12.1 Å². The maximum Gasteiger partial charge on any atom is 0.315 e. The van der Waals surface area contributed by atoms with E-state index in [1.54, 1.807) is 0 Å². The first kappa shape index (κ1) is 15.6. The molecule has 0 spiro atoms. The van der Waals surface area contributed by atoms with Crippen LogP contribution in [-0.4, -0.2) is 37.4 Å². The van der Waals surface area contributed by atoms with Crippen LogP contribution in [0.3, 0.4) is 0 Å². The molecular formula is C16H25N3O2. The predicted molar refractivity (Wildman–Crippen MR) is 84.4 cm³/mol. The quantitative estimate of drug-likeness (QED) is 0.793. The van der Waals surface area contributed by atoms with E-state index >= 15 is 0 Å². The Bertz CT molecular complexity index is 476. The molecule has 1 saturated carbocycles. The number of anilines is 1. The minimum Gasteiger partial charge on any atom is -0.391 e. The van der Waals surface area contributed by atoms with E-state index in [1.165, 1.54) is 0 Å². The summed E-state index contributed by atoms with van der Waals surface area (Å²) >= 11 is 0. The average Bonchev–Trinajstić information content (AvgIpc) is 2.48. The monoisotopic (exact) mass is 291 g/mol. The van der Waals surface area contributed by atoms with Crippen LogP contribution in [0, 0.1) is 0 Å². The maximum atomic E-state index is 11.9. The summed E-state index contributed by atoms with van der Waals surface area (Å²) in [5, 5.41) is 15.6. The molecule has 2 unspecified atom stereocenters. The highest BCUT2D eigenvalue weighted by molar-refractivity contribution is 5.74. The van der Waals surface area contributed by atoms with Crippen LogP contribution < -0.4 is 15.5 Å². The van der Waals surface area contributed by atoms with Gasteiger partial charge in [0.1, 0.15) is 0 Å². The molecule has 1 fully saturated rings. The van der Waals surface area contributed by atoms with E-state index in [0.717, 1.165) is 36.9 Å². The number of hydrogen-bond donors (Lipinski definition) is 3. The Morgan fingerprint density at radius 2 is 2.10 bits per heavy atom. The number of carbonyl (C=O) groups excluding carboxylic acids is 1. The highest BCUT2D eigenvalue weighted by Crippen LogP contribution is 2.18. The van der Waals surface area contributed by atoms with Gasteiger partial charge in [0.2, 0.25) is 0 Å². The molecule has 0 aromatic heterocycles. The molecule has 0 heterocycles. The van der Waals surface area contributed by atoms with Gasteiger partial charge in [0.25, 0.3) is 0 Å². The van der Waals surface area contributed by atoms with Crippen LogP contribution in [0.25, 0.3) is 0 Å². The van der Waals surface area contributed by atoms with Crippen molar-refractivity contribution in [2.45, 2.75) is 44.4 Å². The molecule has 0 bridgehead atoms. The van der Waals surface area contributed by atoms with Gasteiger partial charge in [-0.1, -0.05) is 25.0 Å². The lowest BCUT2D eigenvalue weighted by atomic mass is 9.93. The Kier molecular flexibility index (Phi) is 5.44. The zero-order valence-corrected chi connectivity index (χ0v) is 12.8. The molecule has 3 N–H and O–H groups in total. The summed E-state index contributed by atoms with van der Waals surface area (Å²) in [6.07, 6.45) is 3.31. The van der Waals surface area contributed by atoms with Gasteiger partial charge in [0.15, 0.2) is 0 Å². The number of hydrogen-bond acceptors (Lipinski definition) is 3. The highest BCUT2D eigenvalue weighted by Gasteiger charge is 2.24. The Balaban J connectivity index is 1.82. The van der Waals surface area contributed by atoms with Crippen molar-refractivity contribution in [2.24, 2.45) is 0 Å². The van der Waals surface area contributed by atoms with Crippen molar-refractivity contribution >= 4 is 11.7 Å². The summed E-state index contributed by atoms with van der Waals surface area (Å²) < 4.78 is 0. The third-order valence-electron chi connectivity index (χ3n) is 3.93. The number of urea groups is 1. The summed E-state index contributed by atoms with van der Waals surface area (Å²) in [7, 11) is 3.98. The second kappa shape index (κ2) is 7.31. The van der Waals surface area contributed by atoms with Crippen LogP contribution in [0.4, 0.5) is 10.5 Å². The fourth-order valence-electron chi connectivity index (χ4n) is 2.63. The lowest BCUT2D eigenvalue weighted by molar-refractivity contribution is 0.0943. The molecule has 1 aliphatic rings.